The Labute approximate surface area is 127 Å². The highest BCUT2D eigenvalue weighted by Gasteiger charge is 2.11. The Hall–Kier alpha value is -1.87. The highest BCUT2D eigenvalue weighted by Crippen LogP contribution is 2.21. The van der Waals surface area contributed by atoms with Crippen LogP contribution in [0.25, 0.3) is 0 Å². The zero-order chi connectivity index (χ0) is 14.9. The highest BCUT2D eigenvalue weighted by atomic mass is 16.5. The predicted octanol–water partition coefficient (Wildman–Crippen LogP) is 3.76. The molecule has 1 unspecified atom stereocenters. The fourth-order valence-electron chi connectivity index (χ4n) is 2.33. The van der Waals surface area contributed by atoms with Crippen LogP contribution in [0.15, 0.2) is 48.8 Å². The van der Waals surface area contributed by atoms with Gasteiger partial charge < -0.3 is 10.1 Å². The minimum absolute atomic E-state index is 0.305. The van der Waals surface area contributed by atoms with Crippen molar-refractivity contribution in [2.24, 2.45) is 0 Å². The van der Waals surface area contributed by atoms with Gasteiger partial charge in [-0.25, -0.2) is 0 Å². The largest absolute Gasteiger partial charge is 0.494 e. The molecule has 3 nitrogen and oxygen atoms in total. The first-order valence-electron chi connectivity index (χ1n) is 7.68. The zero-order valence-electron chi connectivity index (χ0n) is 12.9. The average molecular weight is 284 g/mol. The van der Waals surface area contributed by atoms with Gasteiger partial charge in [-0.1, -0.05) is 32.0 Å². The lowest BCUT2D eigenvalue weighted by Crippen LogP contribution is -2.23. The summed E-state index contributed by atoms with van der Waals surface area (Å²) in [5.74, 6) is 0.942. The molecule has 1 heterocycles. The van der Waals surface area contributed by atoms with E-state index in [2.05, 4.69) is 54.5 Å². The third kappa shape index (κ3) is 4.87. The molecular formula is C18H24N2O. The Morgan fingerprint density at radius 1 is 1.14 bits per heavy atom. The van der Waals surface area contributed by atoms with Crippen LogP contribution < -0.4 is 10.1 Å². The van der Waals surface area contributed by atoms with Crippen LogP contribution in [-0.2, 0) is 6.42 Å². The lowest BCUT2D eigenvalue weighted by Gasteiger charge is -2.19. The maximum absolute atomic E-state index is 5.64. The van der Waals surface area contributed by atoms with E-state index in [4.69, 9.17) is 4.74 Å². The molecule has 0 aliphatic heterocycles. The van der Waals surface area contributed by atoms with Gasteiger partial charge in [0.15, 0.2) is 0 Å². The molecule has 2 rings (SSSR count). The van der Waals surface area contributed by atoms with E-state index in [1.165, 1.54) is 11.1 Å². The molecule has 1 N–H and O–H groups in total. The van der Waals surface area contributed by atoms with E-state index < -0.39 is 0 Å². The second-order valence-corrected chi connectivity index (χ2v) is 5.09. The topological polar surface area (TPSA) is 34.1 Å². The third-order valence-corrected chi connectivity index (χ3v) is 3.37. The zero-order valence-corrected chi connectivity index (χ0v) is 12.9. The third-order valence-electron chi connectivity index (χ3n) is 3.37. The molecule has 0 saturated carbocycles. The molecule has 3 heteroatoms. The van der Waals surface area contributed by atoms with Gasteiger partial charge in [0.05, 0.1) is 6.61 Å². The summed E-state index contributed by atoms with van der Waals surface area (Å²) in [7, 11) is 0. The second kappa shape index (κ2) is 8.42. The molecule has 21 heavy (non-hydrogen) atoms. The number of aromatic nitrogens is 1. The van der Waals surface area contributed by atoms with Crippen LogP contribution in [0, 0.1) is 0 Å². The van der Waals surface area contributed by atoms with E-state index in [1.807, 2.05) is 18.5 Å². The van der Waals surface area contributed by atoms with Crippen LogP contribution >= 0.6 is 0 Å². The maximum atomic E-state index is 5.64. The van der Waals surface area contributed by atoms with Gasteiger partial charge >= 0.3 is 0 Å². The Morgan fingerprint density at radius 3 is 2.57 bits per heavy atom. The molecule has 112 valence electrons. The minimum Gasteiger partial charge on any atom is -0.494 e. The Balaban J connectivity index is 2.06. The van der Waals surface area contributed by atoms with Crippen molar-refractivity contribution in [1.82, 2.24) is 10.3 Å². The van der Waals surface area contributed by atoms with Gasteiger partial charge in [-0.15, -0.1) is 0 Å². The summed E-state index contributed by atoms with van der Waals surface area (Å²) in [5.41, 5.74) is 2.53. The quantitative estimate of drug-likeness (QED) is 0.801. The van der Waals surface area contributed by atoms with Crippen LogP contribution in [0.3, 0.4) is 0 Å². The first kappa shape index (κ1) is 15.5. The first-order valence-corrected chi connectivity index (χ1v) is 7.68. The molecule has 0 aliphatic rings. The van der Waals surface area contributed by atoms with Crippen molar-refractivity contribution >= 4 is 0 Å². The van der Waals surface area contributed by atoms with Crippen LogP contribution in [0.4, 0.5) is 0 Å². The fourth-order valence-corrected chi connectivity index (χ4v) is 2.33. The molecule has 1 aromatic carbocycles. The van der Waals surface area contributed by atoms with E-state index in [1.54, 1.807) is 0 Å². The molecule has 0 fully saturated rings. The molecule has 0 spiro atoms. The highest BCUT2D eigenvalue weighted by molar-refractivity contribution is 5.30. The minimum atomic E-state index is 0.305. The van der Waals surface area contributed by atoms with Crippen LogP contribution in [0.2, 0.25) is 0 Å². The Kier molecular flexibility index (Phi) is 6.22. The number of nitrogens with one attached hydrogen (secondary N) is 1. The summed E-state index contributed by atoms with van der Waals surface area (Å²) >= 11 is 0. The lowest BCUT2D eigenvalue weighted by molar-refractivity contribution is 0.317. The van der Waals surface area contributed by atoms with Crippen molar-refractivity contribution < 1.29 is 4.74 Å². The number of hydrogen-bond donors (Lipinski definition) is 1. The summed E-state index contributed by atoms with van der Waals surface area (Å²) < 4.78 is 5.64. The molecular weight excluding hydrogens is 260 g/mol. The summed E-state index contributed by atoms with van der Waals surface area (Å²) in [6.07, 6.45) is 5.72. The number of likely N-dealkylation sites (N-methyl/N-ethyl adjacent to an activating group) is 1. The fraction of sp³-hybridized carbons (Fsp3) is 0.389. The SMILES string of the molecule is CCCOc1ccc(C(Cc2cccnc2)NCC)cc1. The van der Waals surface area contributed by atoms with E-state index >= 15 is 0 Å². The smallest absolute Gasteiger partial charge is 0.119 e. The number of pyridine rings is 1. The molecule has 1 aromatic heterocycles. The van der Waals surface area contributed by atoms with Crippen molar-refractivity contribution in [3.05, 3.63) is 59.9 Å². The van der Waals surface area contributed by atoms with Gasteiger partial charge in [-0.2, -0.15) is 0 Å². The van der Waals surface area contributed by atoms with E-state index in [0.29, 0.717) is 6.04 Å². The van der Waals surface area contributed by atoms with Gasteiger partial charge in [0.1, 0.15) is 5.75 Å². The van der Waals surface area contributed by atoms with Gasteiger partial charge in [0.25, 0.3) is 0 Å². The van der Waals surface area contributed by atoms with Crippen molar-refractivity contribution in [3.63, 3.8) is 0 Å². The molecule has 0 amide bonds. The number of hydrogen-bond acceptors (Lipinski definition) is 3. The first-order chi connectivity index (χ1) is 10.3. The normalized spacial score (nSPS) is 12.1. The van der Waals surface area contributed by atoms with Gasteiger partial charge in [0.2, 0.25) is 0 Å². The van der Waals surface area contributed by atoms with E-state index in [-0.39, 0.29) is 0 Å². The van der Waals surface area contributed by atoms with Crippen LogP contribution in [-0.4, -0.2) is 18.1 Å². The molecule has 1 atom stereocenters. The Bertz CT molecular complexity index is 511. The molecule has 0 aliphatic carbocycles. The van der Waals surface area contributed by atoms with E-state index in [9.17, 15) is 0 Å². The van der Waals surface area contributed by atoms with Crippen molar-refractivity contribution in [2.45, 2.75) is 32.7 Å². The molecule has 0 bridgehead atoms. The molecule has 2 aromatic rings. The summed E-state index contributed by atoms with van der Waals surface area (Å²) in [6.45, 7) is 5.96. The summed E-state index contributed by atoms with van der Waals surface area (Å²) in [5, 5.41) is 3.54. The number of rotatable bonds is 8. The van der Waals surface area contributed by atoms with Crippen molar-refractivity contribution in [2.75, 3.05) is 13.2 Å². The van der Waals surface area contributed by atoms with Crippen molar-refractivity contribution in [3.8, 4) is 5.75 Å². The predicted molar refractivity (Wildman–Crippen MR) is 86.6 cm³/mol. The number of nitrogens with zero attached hydrogens (tertiary/aromatic N) is 1. The summed E-state index contributed by atoms with van der Waals surface area (Å²) in [6, 6.07) is 12.8. The Morgan fingerprint density at radius 2 is 1.95 bits per heavy atom. The van der Waals surface area contributed by atoms with Gasteiger partial charge in [0, 0.05) is 18.4 Å². The maximum Gasteiger partial charge on any atom is 0.119 e. The van der Waals surface area contributed by atoms with E-state index in [0.717, 1.165) is 31.7 Å². The van der Waals surface area contributed by atoms with Gasteiger partial charge in [-0.05, 0) is 48.7 Å². The monoisotopic (exact) mass is 284 g/mol. The molecule has 0 saturated heterocycles. The second-order valence-electron chi connectivity index (χ2n) is 5.09. The average Bonchev–Trinajstić information content (AvgIpc) is 2.54. The van der Waals surface area contributed by atoms with Crippen LogP contribution in [0.1, 0.15) is 37.4 Å². The summed E-state index contributed by atoms with van der Waals surface area (Å²) in [4.78, 5) is 4.19. The molecule has 0 radical (unpaired) electrons. The standard InChI is InChI=1S/C18H24N2O/c1-3-12-21-17-9-7-16(8-10-17)18(20-4-2)13-15-6-5-11-19-14-15/h5-11,14,18,20H,3-4,12-13H2,1-2H3. The van der Waals surface area contributed by atoms with Gasteiger partial charge in [-0.3, -0.25) is 4.98 Å². The van der Waals surface area contributed by atoms with Crippen LogP contribution in [0.5, 0.6) is 5.75 Å². The number of ether oxygens (including phenoxy) is 1. The lowest BCUT2D eigenvalue weighted by atomic mass is 9.99. The number of benzene rings is 1. The van der Waals surface area contributed by atoms with Crippen molar-refractivity contribution in [1.29, 1.82) is 0 Å².